The fourth-order valence-electron chi connectivity index (χ4n) is 3.76. The third-order valence-electron chi connectivity index (χ3n) is 5.28. The van der Waals surface area contributed by atoms with Crippen LogP contribution in [0, 0.1) is 6.92 Å². The normalized spacial score (nSPS) is 11.1. The zero-order chi connectivity index (χ0) is 22.1. The highest BCUT2D eigenvalue weighted by Gasteiger charge is 2.17. The number of ether oxygens (including phenoxy) is 1. The molecule has 0 aliphatic carbocycles. The number of nitrogens with zero attached hydrogens (tertiary/aromatic N) is 3. The third kappa shape index (κ3) is 3.56. The van der Waals surface area contributed by atoms with E-state index < -0.39 is 0 Å². The average molecular weight is 423 g/mol. The van der Waals surface area contributed by atoms with Gasteiger partial charge in [0.2, 0.25) is 5.82 Å². The van der Waals surface area contributed by atoms with Crippen LogP contribution in [0.5, 0.6) is 5.75 Å². The van der Waals surface area contributed by atoms with Gasteiger partial charge < -0.3 is 9.26 Å². The highest BCUT2D eigenvalue weighted by Crippen LogP contribution is 2.29. The van der Waals surface area contributed by atoms with Crippen molar-refractivity contribution in [2.75, 3.05) is 6.61 Å². The Morgan fingerprint density at radius 1 is 0.969 bits per heavy atom. The second-order valence-electron chi connectivity index (χ2n) is 7.48. The molecule has 0 saturated carbocycles. The van der Waals surface area contributed by atoms with Gasteiger partial charge in [-0.2, -0.15) is 4.98 Å². The van der Waals surface area contributed by atoms with Crippen molar-refractivity contribution < 1.29 is 9.26 Å². The minimum absolute atomic E-state index is 0.119. The Balaban J connectivity index is 1.67. The second-order valence-corrected chi connectivity index (χ2v) is 7.48. The number of aryl methyl sites for hydroxylation is 1. The first-order valence-corrected chi connectivity index (χ1v) is 10.4. The van der Waals surface area contributed by atoms with Crippen LogP contribution in [0.15, 0.2) is 88.3 Å². The van der Waals surface area contributed by atoms with Crippen molar-refractivity contribution in [2.45, 2.75) is 13.8 Å². The molecule has 5 aromatic rings. The first-order chi connectivity index (χ1) is 15.6. The molecular weight excluding hydrogens is 402 g/mol. The molecule has 0 saturated heterocycles. The van der Waals surface area contributed by atoms with Gasteiger partial charge in [0.1, 0.15) is 5.75 Å². The summed E-state index contributed by atoms with van der Waals surface area (Å²) >= 11 is 0. The highest BCUT2D eigenvalue weighted by molar-refractivity contribution is 5.94. The summed E-state index contributed by atoms with van der Waals surface area (Å²) in [6.45, 7) is 4.54. The van der Waals surface area contributed by atoms with Gasteiger partial charge in [-0.1, -0.05) is 47.1 Å². The van der Waals surface area contributed by atoms with E-state index in [1.165, 1.54) is 0 Å². The van der Waals surface area contributed by atoms with Crippen molar-refractivity contribution in [2.24, 2.45) is 0 Å². The van der Waals surface area contributed by atoms with E-state index in [1.807, 2.05) is 86.6 Å². The largest absolute Gasteiger partial charge is 0.494 e. The predicted molar refractivity (Wildman–Crippen MR) is 124 cm³/mol. The lowest BCUT2D eigenvalue weighted by atomic mass is 10.1. The zero-order valence-electron chi connectivity index (χ0n) is 17.8. The third-order valence-corrected chi connectivity index (χ3v) is 5.28. The Morgan fingerprint density at radius 3 is 2.50 bits per heavy atom. The number of pyridine rings is 1. The minimum atomic E-state index is -0.119. The van der Waals surface area contributed by atoms with Gasteiger partial charge in [-0.15, -0.1) is 0 Å². The molecule has 0 unspecified atom stereocenters. The molecule has 0 amide bonds. The average Bonchev–Trinajstić information content (AvgIpc) is 3.31. The Morgan fingerprint density at radius 2 is 1.75 bits per heavy atom. The van der Waals surface area contributed by atoms with Crippen LogP contribution in [0.25, 0.3) is 39.3 Å². The lowest BCUT2D eigenvalue weighted by Gasteiger charge is -2.11. The van der Waals surface area contributed by atoms with E-state index in [9.17, 15) is 4.79 Å². The maximum absolute atomic E-state index is 13.3. The van der Waals surface area contributed by atoms with Crippen LogP contribution in [-0.4, -0.2) is 21.3 Å². The molecule has 0 aliphatic rings. The molecule has 0 radical (unpaired) electrons. The van der Waals surface area contributed by atoms with E-state index >= 15 is 0 Å². The number of hydrogen-bond donors (Lipinski definition) is 0. The number of rotatable bonds is 5. The van der Waals surface area contributed by atoms with Gasteiger partial charge >= 0.3 is 0 Å². The number of hydrogen-bond acceptors (Lipinski definition) is 5. The molecule has 32 heavy (non-hydrogen) atoms. The van der Waals surface area contributed by atoms with Crippen LogP contribution < -0.4 is 10.3 Å². The molecule has 0 N–H and O–H groups in total. The van der Waals surface area contributed by atoms with Crippen LogP contribution in [0.2, 0.25) is 0 Å². The summed E-state index contributed by atoms with van der Waals surface area (Å²) in [7, 11) is 0. The van der Waals surface area contributed by atoms with Crippen molar-refractivity contribution in [1.82, 2.24) is 14.7 Å². The monoisotopic (exact) mass is 423 g/mol. The first kappa shape index (κ1) is 19.8. The maximum atomic E-state index is 13.3. The fraction of sp³-hybridized carbons (Fsp3) is 0.115. The summed E-state index contributed by atoms with van der Waals surface area (Å²) in [5.41, 5.74) is 3.30. The minimum Gasteiger partial charge on any atom is -0.494 e. The van der Waals surface area contributed by atoms with Gasteiger partial charge in [-0.05, 0) is 50.2 Å². The van der Waals surface area contributed by atoms with Gasteiger partial charge in [0.05, 0.1) is 12.2 Å². The summed E-state index contributed by atoms with van der Waals surface area (Å²) in [5, 5.41) is 5.52. The Labute approximate surface area is 184 Å². The fourth-order valence-corrected chi connectivity index (χ4v) is 3.76. The van der Waals surface area contributed by atoms with E-state index in [0.717, 1.165) is 28.0 Å². The number of fused-ring (bicyclic) bond motifs is 1. The van der Waals surface area contributed by atoms with E-state index in [2.05, 4.69) is 10.1 Å². The first-order valence-electron chi connectivity index (χ1n) is 10.4. The number of benzene rings is 3. The maximum Gasteiger partial charge on any atom is 0.262 e. The Hall–Kier alpha value is -4.19. The smallest absolute Gasteiger partial charge is 0.262 e. The van der Waals surface area contributed by atoms with Gasteiger partial charge in [0, 0.05) is 28.2 Å². The van der Waals surface area contributed by atoms with Gasteiger partial charge in [-0.25, -0.2) is 0 Å². The van der Waals surface area contributed by atoms with Crippen molar-refractivity contribution >= 4 is 10.8 Å². The van der Waals surface area contributed by atoms with E-state index in [4.69, 9.17) is 9.26 Å². The summed E-state index contributed by atoms with van der Waals surface area (Å²) < 4.78 is 12.8. The highest BCUT2D eigenvalue weighted by atomic mass is 16.5. The molecule has 2 heterocycles. The molecule has 5 rings (SSSR count). The molecule has 6 heteroatoms. The lowest BCUT2D eigenvalue weighted by Crippen LogP contribution is -2.18. The van der Waals surface area contributed by atoms with E-state index in [1.54, 1.807) is 10.8 Å². The van der Waals surface area contributed by atoms with Crippen molar-refractivity contribution in [3.8, 4) is 34.3 Å². The SMILES string of the molecule is CCOc1ccc(-n2cc(-c3nc(-c4cccc(C)c4)no3)c3ccccc3c2=O)cc1. The molecule has 6 nitrogen and oxygen atoms in total. The van der Waals surface area contributed by atoms with Crippen molar-refractivity contribution in [1.29, 1.82) is 0 Å². The molecule has 0 bridgehead atoms. The van der Waals surface area contributed by atoms with Crippen LogP contribution in [0.1, 0.15) is 12.5 Å². The zero-order valence-corrected chi connectivity index (χ0v) is 17.8. The molecule has 0 spiro atoms. The van der Waals surface area contributed by atoms with Gasteiger partial charge in [-0.3, -0.25) is 9.36 Å². The van der Waals surface area contributed by atoms with E-state index in [-0.39, 0.29) is 5.56 Å². The quantitative estimate of drug-likeness (QED) is 0.378. The Bertz CT molecular complexity index is 1470. The number of aromatic nitrogens is 3. The molecule has 2 aromatic heterocycles. The van der Waals surface area contributed by atoms with Gasteiger partial charge in [0.25, 0.3) is 11.4 Å². The molecule has 0 aliphatic heterocycles. The van der Waals surface area contributed by atoms with Crippen LogP contribution >= 0.6 is 0 Å². The molecule has 0 fully saturated rings. The van der Waals surface area contributed by atoms with E-state index in [0.29, 0.717) is 29.3 Å². The second kappa shape index (κ2) is 8.15. The van der Waals surface area contributed by atoms with Crippen LogP contribution in [0.4, 0.5) is 0 Å². The van der Waals surface area contributed by atoms with Crippen molar-refractivity contribution in [3.05, 3.63) is 94.9 Å². The lowest BCUT2D eigenvalue weighted by molar-refractivity contribution is 0.340. The van der Waals surface area contributed by atoms with Crippen LogP contribution in [-0.2, 0) is 0 Å². The molecule has 3 aromatic carbocycles. The topological polar surface area (TPSA) is 70.2 Å². The summed E-state index contributed by atoms with van der Waals surface area (Å²) in [6, 6.07) is 22.8. The molecule has 158 valence electrons. The van der Waals surface area contributed by atoms with Gasteiger partial charge in [0.15, 0.2) is 0 Å². The summed E-state index contributed by atoms with van der Waals surface area (Å²) in [5.74, 6) is 1.62. The Kier molecular flexibility index (Phi) is 5.03. The van der Waals surface area contributed by atoms with Crippen LogP contribution in [0.3, 0.4) is 0 Å². The molecule has 0 atom stereocenters. The summed E-state index contributed by atoms with van der Waals surface area (Å²) in [4.78, 5) is 17.9. The summed E-state index contributed by atoms with van der Waals surface area (Å²) in [6.07, 6.45) is 1.76. The van der Waals surface area contributed by atoms with Crippen molar-refractivity contribution in [3.63, 3.8) is 0 Å². The molecular formula is C26H21N3O3. The predicted octanol–water partition coefficient (Wildman–Crippen LogP) is 5.41. The standard InChI is InChI=1S/C26H21N3O3/c1-3-31-20-13-11-19(12-14-20)29-16-23(21-9-4-5-10-22(21)26(29)30)25-27-24(28-32-25)18-8-6-7-17(2)15-18/h4-16H,3H2,1-2H3.